The third kappa shape index (κ3) is 6.04. The number of fused-ring (bicyclic) bond motifs is 1. The number of nitrogens with zero attached hydrogens (tertiary/aromatic N) is 2. The summed E-state index contributed by atoms with van der Waals surface area (Å²) in [5.41, 5.74) is 14.6. The molecule has 0 unspecified atom stereocenters. The van der Waals surface area contributed by atoms with Crippen LogP contribution in [0.1, 0.15) is 69.4 Å². The van der Waals surface area contributed by atoms with Crippen LogP contribution in [0, 0.1) is 20.8 Å². The molecule has 0 fully saturated rings. The van der Waals surface area contributed by atoms with Gasteiger partial charge in [0.1, 0.15) is 10.8 Å². The number of aryl methyl sites for hydroxylation is 3. The molecule has 0 bridgehead atoms. The highest BCUT2D eigenvalue weighted by molar-refractivity contribution is 7.21. The number of hydrogen-bond donors (Lipinski definition) is 1. The van der Waals surface area contributed by atoms with Crippen LogP contribution in [0.15, 0.2) is 85.1 Å². The Labute approximate surface area is 271 Å². The van der Waals surface area contributed by atoms with Crippen LogP contribution >= 0.6 is 11.3 Å². The fraction of sp³-hybridized carbons (Fsp3) is 0.268. The lowest BCUT2D eigenvalue weighted by molar-refractivity contribution is 0.477. The molecule has 0 amide bonds. The van der Waals surface area contributed by atoms with Gasteiger partial charge in [-0.25, -0.2) is 4.98 Å². The van der Waals surface area contributed by atoms with Gasteiger partial charge in [0.2, 0.25) is 0 Å². The summed E-state index contributed by atoms with van der Waals surface area (Å²) >= 11 is 1.63. The molecule has 6 aromatic rings. The van der Waals surface area contributed by atoms with E-state index in [9.17, 15) is 5.11 Å². The van der Waals surface area contributed by atoms with E-state index in [1.807, 2.05) is 24.4 Å². The molecule has 0 atom stereocenters. The first-order valence-corrected chi connectivity index (χ1v) is 16.4. The quantitative estimate of drug-likeness (QED) is 0.216. The largest absolute Gasteiger partial charge is 0.507 e. The van der Waals surface area contributed by atoms with Gasteiger partial charge < -0.3 is 5.11 Å². The van der Waals surface area contributed by atoms with Gasteiger partial charge >= 0.3 is 0 Å². The number of hydrogen-bond acceptors (Lipinski definition) is 4. The number of aromatic hydroxyl groups is 1. The van der Waals surface area contributed by atoms with E-state index in [0.29, 0.717) is 0 Å². The molecule has 0 saturated carbocycles. The number of para-hydroxylation sites is 1. The minimum atomic E-state index is -0.0604. The van der Waals surface area contributed by atoms with Crippen molar-refractivity contribution in [1.82, 2.24) is 9.97 Å². The number of pyridine rings is 1. The van der Waals surface area contributed by atoms with E-state index in [4.69, 9.17) is 9.97 Å². The zero-order valence-corrected chi connectivity index (χ0v) is 28.6. The Hall–Kier alpha value is -4.28. The third-order valence-corrected chi connectivity index (χ3v) is 9.66. The lowest BCUT2D eigenvalue weighted by Crippen LogP contribution is -2.11. The maximum absolute atomic E-state index is 10.7. The summed E-state index contributed by atoms with van der Waals surface area (Å²) in [7, 11) is 0. The van der Waals surface area contributed by atoms with E-state index in [1.165, 1.54) is 38.9 Å². The lowest BCUT2D eigenvalue weighted by atomic mass is 9.84. The Balaban J connectivity index is 1.67. The van der Waals surface area contributed by atoms with E-state index >= 15 is 0 Å². The number of aromatic nitrogens is 2. The van der Waals surface area contributed by atoms with Crippen molar-refractivity contribution < 1.29 is 5.11 Å². The van der Waals surface area contributed by atoms with Gasteiger partial charge in [0.15, 0.2) is 0 Å². The number of phenols is 1. The molecule has 0 radical (unpaired) electrons. The first-order valence-electron chi connectivity index (χ1n) is 15.6. The Morgan fingerprint density at radius 3 is 1.96 bits per heavy atom. The van der Waals surface area contributed by atoms with E-state index < -0.39 is 0 Å². The van der Waals surface area contributed by atoms with Crippen LogP contribution in [0.2, 0.25) is 0 Å². The predicted molar refractivity (Wildman–Crippen MR) is 192 cm³/mol. The van der Waals surface area contributed by atoms with Crippen LogP contribution in [0.25, 0.3) is 54.3 Å². The van der Waals surface area contributed by atoms with Crippen LogP contribution in [-0.4, -0.2) is 15.1 Å². The van der Waals surface area contributed by atoms with Crippen molar-refractivity contribution in [2.75, 3.05) is 0 Å². The molecular formula is C41H42N2OS. The smallest absolute Gasteiger partial charge is 0.128 e. The summed E-state index contributed by atoms with van der Waals surface area (Å²) < 4.78 is 1.11. The molecule has 0 spiro atoms. The van der Waals surface area contributed by atoms with Crippen molar-refractivity contribution in [2.45, 2.75) is 73.1 Å². The maximum atomic E-state index is 10.7. The van der Waals surface area contributed by atoms with Gasteiger partial charge in [-0.05, 0) is 125 Å². The molecule has 3 nitrogen and oxygen atoms in total. The average molecular weight is 611 g/mol. The molecule has 0 aliphatic rings. The molecule has 6 rings (SSSR count). The Morgan fingerprint density at radius 1 is 0.644 bits per heavy atom. The topological polar surface area (TPSA) is 46.0 Å². The lowest BCUT2D eigenvalue weighted by Gasteiger charge is -2.21. The molecule has 2 heterocycles. The van der Waals surface area contributed by atoms with Gasteiger partial charge in [-0.2, -0.15) is 0 Å². The summed E-state index contributed by atoms with van der Waals surface area (Å²) in [6, 6.07) is 27.8. The molecule has 2 aromatic heterocycles. The number of phenolic OH excluding ortho intramolecular Hbond substituents is 1. The van der Waals surface area contributed by atoms with Crippen LogP contribution in [0.4, 0.5) is 0 Å². The first kappa shape index (κ1) is 30.7. The van der Waals surface area contributed by atoms with Crippen molar-refractivity contribution >= 4 is 21.6 Å². The number of rotatable bonds is 4. The second-order valence-corrected chi connectivity index (χ2v) is 15.4. The SMILES string of the molecule is Cc1cc(C)c(-c2cc(-c3cc(C(C)(C)C)ccn3)cc(-c3cc(C(C)(C)C)cc4sc(-c5ccccc5O)nc34)c2)c(C)c1. The zero-order valence-electron chi connectivity index (χ0n) is 27.8. The van der Waals surface area contributed by atoms with Gasteiger partial charge in [-0.15, -0.1) is 11.3 Å². The van der Waals surface area contributed by atoms with Crippen molar-refractivity contribution in [1.29, 1.82) is 0 Å². The van der Waals surface area contributed by atoms with E-state index in [1.54, 1.807) is 17.4 Å². The molecular weight excluding hydrogens is 569 g/mol. The molecule has 1 N–H and O–H groups in total. The van der Waals surface area contributed by atoms with Crippen LogP contribution < -0.4 is 0 Å². The number of benzene rings is 4. The summed E-state index contributed by atoms with van der Waals surface area (Å²) in [4.78, 5) is 10.1. The maximum Gasteiger partial charge on any atom is 0.128 e. The highest BCUT2D eigenvalue weighted by Crippen LogP contribution is 2.43. The van der Waals surface area contributed by atoms with E-state index in [0.717, 1.165) is 43.2 Å². The van der Waals surface area contributed by atoms with Gasteiger partial charge in [-0.1, -0.05) is 71.4 Å². The second-order valence-electron chi connectivity index (χ2n) is 14.4. The Kier molecular flexibility index (Phi) is 7.69. The van der Waals surface area contributed by atoms with Crippen molar-refractivity contribution in [3.05, 3.63) is 113 Å². The monoisotopic (exact) mass is 610 g/mol. The number of thiazole rings is 1. The Morgan fingerprint density at radius 2 is 1.29 bits per heavy atom. The van der Waals surface area contributed by atoms with E-state index in [-0.39, 0.29) is 16.6 Å². The minimum absolute atomic E-state index is 0.00939. The molecule has 228 valence electrons. The predicted octanol–water partition coefficient (Wildman–Crippen LogP) is 11.6. The summed E-state index contributed by atoms with van der Waals surface area (Å²) in [6.07, 6.45) is 1.93. The summed E-state index contributed by atoms with van der Waals surface area (Å²) in [6.45, 7) is 20.1. The van der Waals surface area contributed by atoms with Gasteiger partial charge in [0.25, 0.3) is 0 Å². The molecule has 4 heteroatoms. The van der Waals surface area contributed by atoms with Crippen LogP contribution in [-0.2, 0) is 10.8 Å². The van der Waals surface area contributed by atoms with Gasteiger partial charge in [0.05, 0.1) is 21.5 Å². The van der Waals surface area contributed by atoms with Gasteiger partial charge in [-0.3, -0.25) is 4.98 Å². The van der Waals surface area contributed by atoms with Crippen molar-refractivity contribution in [3.8, 4) is 49.8 Å². The molecule has 0 saturated heterocycles. The molecule has 45 heavy (non-hydrogen) atoms. The summed E-state index contributed by atoms with van der Waals surface area (Å²) in [5.74, 6) is 0.244. The molecule has 0 aliphatic carbocycles. The minimum Gasteiger partial charge on any atom is -0.507 e. The Bertz CT molecular complexity index is 2050. The highest BCUT2D eigenvalue weighted by Gasteiger charge is 2.22. The highest BCUT2D eigenvalue weighted by atomic mass is 32.1. The normalized spacial score (nSPS) is 12.2. The van der Waals surface area contributed by atoms with Gasteiger partial charge in [0, 0.05) is 17.3 Å². The average Bonchev–Trinajstić information content (AvgIpc) is 3.39. The van der Waals surface area contributed by atoms with Crippen molar-refractivity contribution in [3.63, 3.8) is 0 Å². The second kappa shape index (κ2) is 11.3. The fourth-order valence-electron chi connectivity index (χ4n) is 6.22. The van der Waals surface area contributed by atoms with E-state index in [2.05, 4.69) is 117 Å². The van der Waals surface area contributed by atoms with Crippen molar-refractivity contribution in [2.24, 2.45) is 0 Å². The zero-order chi connectivity index (χ0) is 32.3. The van der Waals surface area contributed by atoms with Crippen LogP contribution in [0.3, 0.4) is 0 Å². The molecule has 4 aromatic carbocycles. The van der Waals surface area contributed by atoms with Crippen LogP contribution in [0.5, 0.6) is 5.75 Å². The standard InChI is InChI=1S/C41H42N2OS/c1-24-16-25(2)37(26(3)17-24)29-19-27(18-28(20-29)34-22-30(14-15-42-34)40(4,5)6)33-21-31(41(7,8)9)23-36-38(33)43-39(45-36)32-12-10-11-13-35(32)44/h10-23,44H,1-9H3. The first-order chi connectivity index (χ1) is 21.2. The summed E-state index contributed by atoms with van der Waals surface area (Å²) in [5, 5.41) is 11.5. The fourth-order valence-corrected chi connectivity index (χ4v) is 7.28. The molecule has 0 aliphatic heterocycles. The third-order valence-electron chi connectivity index (χ3n) is 8.63.